The van der Waals surface area contributed by atoms with Crippen LogP contribution in [0.2, 0.25) is 0 Å². The second kappa shape index (κ2) is 5.91. The maximum atomic E-state index is 12.8. The highest BCUT2D eigenvalue weighted by Crippen LogP contribution is 2.34. The minimum atomic E-state index is -1.63. The Hall–Kier alpha value is -2.83. The van der Waals surface area contributed by atoms with Crippen molar-refractivity contribution in [1.29, 1.82) is 0 Å². The van der Waals surface area contributed by atoms with Crippen LogP contribution in [0, 0.1) is 13.8 Å². The second-order valence-corrected chi connectivity index (χ2v) is 6.63. The Morgan fingerprint density at radius 2 is 2.12 bits per heavy atom. The van der Waals surface area contributed by atoms with Gasteiger partial charge in [0.2, 0.25) is 0 Å². The quantitative estimate of drug-likeness (QED) is 0.836. The van der Waals surface area contributed by atoms with Crippen LogP contribution in [0.1, 0.15) is 36.7 Å². The van der Waals surface area contributed by atoms with E-state index >= 15 is 0 Å². The Morgan fingerprint density at radius 3 is 2.76 bits per heavy atom. The van der Waals surface area contributed by atoms with Crippen molar-refractivity contribution in [2.45, 2.75) is 39.3 Å². The van der Waals surface area contributed by atoms with E-state index in [9.17, 15) is 9.59 Å². The molecule has 3 rings (SSSR count). The maximum absolute atomic E-state index is 12.8. The molecule has 7 heteroatoms. The molecule has 2 atom stereocenters. The molecule has 1 aromatic heterocycles. The number of hydrogen-bond acceptors (Lipinski definition) is 4. The fourth-order valence-electron chi connectivity index (χ4n) is 2.94. The number of nitrogens with zero attached hydrogens (tertiary/aromatic N) is 2. The number of anilines is 1. The van der Waals surface area contributed by atoms with E-state index in [4.69, 9.17) is 4.74 Å². The number of hydrogen-bond donors (Lipinski definition) is 2. The highest BCUT2D eigenvalue weighted by Gasteiger charge is 2.47. The van der Waals surface area contributed by atoms with Crippen LogP contribution in [0.4, 0.5) is 5.69 Å². The molecule has 2 amide bonds. The molecule has 0 bridgehead atoms. The number of carbonyl (C=O) groups is 2. The topological polar surface area (TPSA) is 85.3 Å². The smallest absolute Gasteiger partial charge is 0.278 e. The maximum Gasteiger partial charge on any atom is 0.278 e. The van der Waals surface area contributed by atoms with Crippen LogP contribution < -0.4 is 15.4 Å². The molecule has 2 unspecified atom stereocenters. The van der Waals surface area contributed by atoms with Gasteiger partial charge in [0.25, 0.3) is 17.4 Å². The number of benzene rings is 1. The van der Waals surface area contributed by atoms with Gasteiger partial charge >= 0.3 is 0 Å². The van der Waals surface area contributed by atoms with E-state index < -0.39 is 17.4 Å². The molecule has 2 N–H and O–H groups in total. The SMILES string of the molecule is Cc1ccc2c(c1)NC(=O)C(C)(C(=O)NC(C)c1cn(C)nc1C)O2. The van der Waals surface area contributed by atoms with Gasteiger partial charge in [-0.25, -0.2) is 0 Å². The number of aryl methyl sites for hydroxylation is 3. The van der Waals surface area contributed by atoms with Gasteiger partial charge in [0.15, 0.2) is 0 Å². The van der Waals surface area contributed by atoms with E-state index in [1.165, 1.54) is 6.92 Å². The molecule has 1 aromatic carbocycles. The third-order valence-corrected chi connectivity index (χ3v) is 4.43. The Labute approximate surface area is 146 Å². The molecular formula is C18H22N4O3. The van der Waals surface area contributed by atoms with E-state index in [0.717, 1.165) is 16.8 Å². The summed E-state index contributed by atoms with van der Waals surface area (Å²) in [7, 11) is 1.82. The van der Waals surface area contributed by atoms with Gasteiger partial charge in [0.1, 0.15) is 5.75 Å². The molecule has 132 valence electrons. The van der Waals surface area contributed by atoms with Gasteiger partial charge in [0.05, 0.1) is 17.4 Å². The summed E-state index contributed by atoms with van der Waals surface area (Å²) in [5.41, 5.74) is 1.66. The normalized spacial score (nSPS) is 20.3. The van der Waals surface area contributed by atoms with Crippen LogP contribution in [0.3, 0.4) is 0 Å². The van der Waals surface area contributed by atoms with E-state index in [1.807, 2.05) is 46.1 Å². The Morgan fingerprint density at radius 1 is 1.40 bits per heavy atom. The summed E-state index contributed by atoms with van der Waals surface area (Å²) in [5, 5.41) is 9.89. The first-order chi connectivity index (χ1) is 11.7. The first-order valence-electron chi connectivity index (χ1n) is 8.13. The largest absolute Gasteiger partial charge is 0.466 e. The van der Waals surface area contributed by atoms with Crippen LogP contribution in [-0.2, 0) is 16.6 Å². The lowest BCUT2D eigenvalue weighted by atomic mass is 10.00. The number of amides is 2. The number of rotatable bonds is 3. The summed E-state index contributed by atoms with van der Waals surface area (Å²) in [6, 6.07) is 5.14. The number of carbonyl (C=O) groups excluding carboxylic acids is 2. The van der Waals surface area contributed by atoms with Gasteiger partial charge in [-0.05, 0) is 45.4 Å². The first kappa shape index (κ1) is 17.0. The Kier molecular flexibility index (Phi) is 4.02. The van der Waals surface area contributed by atoms with Crippen LogP contribution in [-0.4, -0.2) is 27.2 Å². The van der Waals surface area contributed by atoms with Gasteiger partial charge in [-0.1, -0.05) is 6.07 Å². The number of ether oxygens (including phenoxy) is 1. The van der Waals surface area contributed by atoms with Crippen molar-refractivity contribution in [2.75, 3.05) is 5.32 Å². The van der Waals surface area contributed by atoms with Gasteiger partial charge < -0.3 is 15.4 Å². The lowest BCUT2D eigenvalue weighted by Gasteiger charge is -2.34. The summed E-state index contributed by atoms with van der Waals surface area (Å²) in [6.45, 7) is 7.12. The van der Waals surface area contributed by atoms with E-state index in [-0.39, 0.29) is 6.04 Å². The molecular weight excluding hydrogens is 320 g/mol. The number of nitrogens with one attached hydrogen (secondary N) is 2. The molecule has 25 heavy (non-hydrogen) atoms. The van der Waals surface area contributed by atoms with Crippen LogP contribution >= 0.6 is 0 Å². The summed E-state index contributed by atoms with van der Waals surface area (Å²) in [4.78, 5) is 25.3. The van der Waals surface area contributed by atoms with E-state index in [2.05, 4.69) is 15.7 Å². The van der Waals surface area contributed by atoms with Crippen molar-refractivity contribution >= 4 is 17.5 Å². The Bertz CT molecular complexity index is 858. The van der Waals surface area contributed by atoms with Gasteiger partial charge in [-0.15, -0.1) is 0 Å². The zero-order chi connectivity index (χ0) is 18.4. The monoisotopic (exact) mass is 342 g/mol. The van der Waals surface area contributed by atoms with Gasteiger partial charge in [-0.3, -0.25) is 14.3 Å². The molecule has 0 aliphatic carbocycles. The molecule has 0 saturated carbocycles. The van der Waals surface area contributed by atoms with Crippen molar-refractivity contribution in [2.24, 2.45) is 7.05 Å². The molecule has 0 radical (unpaired) electrons. The summed E-state index contributed by atoms with van der Waals surface area (Å²) in [5.74, 6) is -0.502. The van der Waals surface area contributed by atoms with Crippen molar-refractivity contribution in [3.63, 3.8) is 0 Å². The van der Waals surface area contributed by atoms with Crippen molar-refractivity contribution in [3.8, 4) is 5.75 Å². The van der Waals surface area contributed by atoms with Gasteiger partial charge in [0, 0.05) is 18.8 Å². The van der Waals surface area contributed by atoms with E-state index in [1.54, 1.807) is 10.7 Å². The standard InChI is InChI=1S/C18H22N4O3/c1-10-6-7-15-14(8-10)20-17(24)18(4,25-15)16(23)19-11(2)13-9-22(5)21-12(13)3/h6-9,11H,1-5H3,(H,19,23)(H,20,24). The molecule has 0 fully saturated rings. The molecule has 0 spiro atoms. The zero-order valence-electron chi connectivity index (χ0n) is 15.0. The molecule has 7 nitrogen and oxygen atoms in total. The molecule has 1 aliphatic rings. The average molecular weight is 342 g/mol. The Balaban J connectivity index is 1.82. The fourth-order valence-corrected chi connectivity index (χ4v) is 2.94. The highest BCUT2D eigenvalue weighted by molar-refractivity contribution is 6.15. The third kappa shape index (κ3) is 2.97. The summed E-state index contributed by atoms with van der Waals surface area (Å²) in [6.07, 6.45) is 1.85. The molecule has 0 saturated heterocycles. The van der Waals surface area contributed by atoms with Crippen molar-refractivity contribution < 1.29 is 14.3 Å². The predicted octanol–water partition coefficient (Wildman–Crippen LogP) is 2.00. The average Bonchev–Trinajstić information content (AvgIpc) is 2.87. The fraction of sp³-hybridized carbons (Fsp3) is 0.389. The van der Waals surface area contributed by atoms with Crippen LogP contribution in [0.5, 0.6) is 5.75 Å². The predicted molar refractivity (Wildman–Crippen MR) is 93.3 cm³/mol. The number of aromatic nitrogens is 2. The minimum absolute atomic E-state index is 0.297. The molecule has 2 aromatic rings. The number of fused-ring (bicyclic) bond motifs is 1. The van der Waals surface area contributed by atoms with E-state index in [0.29, 0.717) is 11.4 Å². The van der Waals surface area contributed by atoms with Crippen molar-refractivity contribution in [3.05, 3.63) is 41.2 Å². The van der Waals surface area contributed by atoms with Crippen molar-refractivity contribution in [1.82, 2.24) is 15.1 Å². The minimum Gasteiger partial charge on any atom is -0.466 e. The highest BCUT2D eigenvalue weighted by atomic mass is 16.5. The summed E-state index contributed by atoms with van der Waals surface area (Å²) < 4.78 is 7.47. The first-order valence-corrected chi connectivity index (χ1v) is 8.13. The van der Waals surface area contributed by atoms with Gasteiger partial charge in [-0.2, -0.15) is 5.10 Å². The van der Waals surface area contributed by atoms with Crippen LogP contribution in [0.15, 0.2) is 24.4 Å². The summed E-state index contributed by atoms with van der Waals surface area (Å²) >= 11 is 0. The third-order valence-electron chi connectivity index (χ3n) is 4.43. The molecule has 1 aliphatic heterocycles. The zero-order valence-corrected chi connectivity index (χ0v) is 15.0. The lowest BCUT2D eigenvalue weighted by molar-refractivity contribution is -0.147. The second-order valence-electron chi connectivity index (χ2n) is 6.63. The lowest BCUT2D eigenvalue weighted by Crippen LogP contribution is -2.59. The molecule has 2 heterocycles. The van der Waals surface area contributed by atoms with Crippen LogP contribution in [0.25, 0.3) is 0 Å².